The van der Waals surface area contributed by atoms with Gasteiger partial charge in [0.1, 0.15) is 4.75 Å². The third kappa shape index (κ3) is 3.04. The van der Waals surface area contributed by atoms with Crippen molar-refractivity contribution < 1.29 is 9.90 Å². The Labute approximate surface area is 145 Å². The fourth-order valence-electron chi connectivity index (χ4n) is 2.70. The van der Waals surface area contributed by atoms with Crippen LogP contribution in [0.3, 0.4) is 0 Å². The predicted molar refractivity (Wildman–Crippen MR) is 97.3 cm³/mol. The molecule has 3 rings (SSSR count). The van der Waals surface area contributed by atoms with Gasteiger partial charge in [-0.25, -0.2) is 4.98 Å². The number of nitrogens with zero attached hydrogens (tertiary/aromatic N) is 2. The van der Waals surface area contributed by atoms with Gasteiger partial charge in [0.05, 0.1) is 6.04 Å². The minimum atomic E-state index is -0.943. The third-order valence-corrected chi connectivity index (χ3v) is 5.25. The summed E-state index contributed by atoms with van der Waals surface area (Å²) in [7, 11) is 0. The summed E-state index contributed by atoms with van der Waals surface area (Å²) in [6.45, 7) is 5.40. The van der Waals surface area contributed by atoms with Crippen LogP contribution in [0.2, 0.25) is 0 Å². The van der Waals surface area contributed by atoms with E-state index >= 15 is 0 Å². The minimum Gasteiger partial charge on any atom is -0.480 e. The Morgan fingerprint density at radius 3 is 2.79 bits per heavy atom. The van der Waals surface area contributed by atoms with Gasteiger partial charge in [0.2, 0.25) is 0 Å². The molecule has 1 aromatic carbocycles. The van der Waals surface area contributed by atoms with Gasteiger partial charge in [-0.05, 0) is 31.9 Å². The summed E-state index contributed by atoms with van der Waals surface area (Å²) in [5.74, 6) is -0.849. The van der Waals surface area contributed by atoms with Crippen molar-refractivity contribution in [2.45, 2.75) is 36.7 Å². The van der Waals surface area contributed by atoms with E-state index < -0.39 is 10.7 Å². The molecule has 0 fully saturated rings. The van der Waals surface area contributed by atoms with Crippen LogP contribution in [-0.4, -0.2) is 25.4 Å². The van der Waals surface area contributed by atoms with E-state index in [1.54, 1.807) is 20.0 Å². The molecule has 0 spiro atoms. The highest BCUT2D eigenvalue weighted by Crippen LogP contribution is 2.37. The number of carboxylic acid groups (broad SMARTS) is 1. The highest BCUT2D eigenvalue weighted by Gasteiger charge is 2.32. The van der Waals surface area contributed by atoms with Crippen LogP contribution in [0.4, 0.5) is 0 Å². The molecule has 1 aromatic heterocycles. The van der Waals surface area contributed by atoms with Gasteiger partial charge in [-0.2, -0.15) is 0 Å². The van der Waals surface area contributed by atoms with Crippen LogP contribution in [0.1, 0.15) is 36.7 Å². The SMILES string of the molecule is Cc1cnc(SC(C)(C)C(=O)O)n1C1C=CC=Cc2ccccc21. The maximum atomic E-state index is 11.5. The normalized spacial score (nSPS) is 16.7. The third-order valence-electron chi connectivity index (χ3n) is 4.08. The van der Waals surface area contributed by atoms with E-state index in [-0.39, 0.29) is 6.04 Å². The summed E-state index contributed by atoms with van der Waals surface area (Å²) in [5.41, 5.74) is 3.35. The average molecular weight is 340 g/mol. The fraction of sp³-hybridized carbons (Fsp3) is 0.263. The van der Waals surface area contributed by atoms with Gasteiger partial charge in [-0.3, -0.25) is 4.79 Å². The van der Waals surface area contributed by atoms with Crippen molar-refractivity contribution in [3.05, 3.63) is 65.5 Å². The molecular formula is C19H20N2O2S. The standard InChI is InChI=1S/C19H20N2O2S/c1-13-12-20-18(24-19(2,3)17(22)23)21(13)16-11-7-5-9-14-8-4-6-10-15(14)16/h4-12,16H,1-3H3,(H,22,23). The first-order valence-corrected chi connectivity index (χ1v) is 8.62. The molecule has 0 bridgehead atoms. The van der Waals surface area contributed by atoms with E-state index in [0.29, 0.717) is 5.16 Å². The number of hydrogen-bond acceptors (Lipinski definition) is 3. The fourth-order valence-corrected chi connectivity index (χ4v) is 3.70. The number of thioether (sulfide) groups is 1. The Morgan fingerprint density at radius 1 is 1.29 bits per heavy atom. The molecule has 1 aliphatic rings. The molecule has 1 atom stereocenters. The maximum absolute atomic E-state index is 11.5. The molecule has 0 radical (unpaired) electrons. The van der Waals surface area contributed by atoms with Gasteiger partial charge in [0, 0.05) is 11.9 Å². The molecule has 0 aliphatic heterocycles. The molecule has 1 unspecified atom stereocenters. The first-order chi connectivity index (χ1) is 11.4. The summed E-state index contributed by atoms with van der Waals surface area (Å²) in [6.07, 6.45) is 10.1. The van der Waals surface area contributed by atoms with Crippen LogP contribution in [0.5, 0.6) is 0 Å². The number of carbonyl (C=O) groups is 1. The second-order valence-electron chi connectivity index (χ2n) is 6.29. The van der Waals surface area contributed by atoms with Gasteiger partial charge in [-0.1, -0.05) is 60.3 Å². The summed E-state index contributed by atoms with van der Waals surface area (Å²) in [5, 5.41) is 10.1. The van der Waals surface area contributed by atoms with Crippen molar-refractivity contribution in [1.29, 1.82) is 0 Å². The second kappa shape index (κ2) is 6.32. The van der Waals surface area contributed by atoms with Gasteiger partial charge in [0.15, 0.2) is 5.16 Å². The maximum Gasteiger partial charge on any atom is 0.319 e. The zero-order valence-corrected chi connectivity index (χ0v) is 14.7. The molecule has 124 valence electrons. The highest BCUT2D eigenvalue weighted by molar-refractivity contribution is 8.01. The molecule has 2 aromatic rings. The summed E-state index contributed by atoms with van der Waals surface area (Å²) in [4.78, 5) is 16.0. The zero-order valence-electron chi connectivity index (χ0n) is 13.9. The molecule has 0 saturated carbocycles. The van der Waals surface area contributed by atoms with Crippen molar-refractivity contribution in [1.82, 2.24) is 9.55 Å². The lowest BCUT2D eigenvalue weighted by Gasteiger charge is -2.24. The molecule has 1 aliphatic carbocycles. The molecule has 0 amide bonds. The Balaban J connectivity index is 2.08. The van der Waals surface area contributed by atoms with E-state index in [1.165, 1.54) is 17.3 Å². The number of aliphatic carboxylic acids is 1. The summed E-state index contributed by atoms with van der Waals surface area (Å²) in [6, 6.07) is 8.24. The van der Waals surface area contributed by atoms with Crippen molar-refractivity contribution in [2.24, 2.45) is 0 Å². The number of imidazole rings is 1. The largest absolute Gasteiger partial charge is 0.480 e. The number of fused-ring (bicyclic) bond motifs is 1. The van der Waals surface area contributed by atoms with Gasteiger partial charge >= 0.3 is 5.97 Å². The first kappa shape index (κ1) is 16.6. The predicted octanol–water partition coefficient (Wildman–Crippen LogP) is 4.32. The quantitative estimate of drug-likeness (QED) is 0.842. The molecular weight excluding hydrogens is 320 g/mol. The van der Waals surface area contributed by atoms with E-state index in [1.807, 2.05) is 31.2 Å². The minimum absolute atomic E-state index is 0.00852. The topological polar surface area (TPSA) is 55.1 Å². The van der Waals surface area contributed by atoms with Gasteiger partial charge < -0.3 is 9.67 Å². The Morgan fingerprint density at radius 2 is 2.04 bits per heavy atom. The second-order valence-corrected chi connectivity index (χ2v) is 7.88. The number of hydrogen-bond donors (Lipinski definition) is 1. The number of aryl methyl sites for hydroxylation is 1. The van der Waals surface area contributed by atoms with E-state index in [0.717, 1.165) is 11.3 Å². The molecule has 1 heterocycles. The van der Waals surface area contributed by atoms with Crippen molar-refractivity contribution >= 4 is 23.8 Å². The molecule has 0 saturated heterocycles. The highest BCUT2D eigenvalue weighted by atomic mass is 32.2. The Kier molecular flexibility index (Phi) is 4.37. The van der Waals surface area contributed by atoms with Crippen LogP contribution >= 0.6 is 11.8 Å². The van der Waals surface area contributed by atoms with Gasteiger partial charge in [-0.15, -0.1) is 0 Å². The van der Waals surface area contributed by atoms with Crippen molar-refractivity contribution in [2.75, 3.05) is 0 Å². The number of carboxylic acids is 1. The van der Waals surface area contributed by atoms with Crippen LogP contribution in [0.15, 0.2) is 53.8 Å². The van der Waals surface area contributed by atoms with E-state index in [4.69, 9.17) is 0 Å². The summed E-state index contributed by atoms with van der Waals surface area (Å²) < 4.78 is 1.17. The molecule has 24 heavy (non-hydrogen) atoms. The van der Waals surface area contributed by atoms with Gasteiger partial charge in [0.25, 0.3) is 0 Å². The number of benzene rings is 1. The number of rotatable bonds is 4. The lowest BCUT2D eigenvalue weighted by Crippen LogP contribution is -2.28. The summed E-state index contributed by atoms with van der Waals surface area (Å²) >= 11 is 1.27. The van der Waals surface area contributed by atoms with E-state index in [2.05, 4.69) is 33.8 Å². The monoisotopic (exact) mass is 340 g/mol. The van der Waals surface area contributed by atoms with Crippen molar-refractivity contribution in [3.8, 4) is 0 Å². The first-order valence-electron chi connectivity index (χ1n) is 7.80. The number of aromatic nitrogens is 2. The smallest absolute Gasteiger partial charge is 0.319 e. The molecule has 1 N–H and O–H groups in total. The van der Waals surface area contributed by atoms with Crippen molar-refractivity contribution in [3.63, 3.8) is 0 Å². The lowest BCUT2D eigenvalue weighted by molar-refractivity contribution is -0.138. The van der Waals surface area contributed by atoms with Crippen LogP contribution < -0.4 is 0 Å². The van der Waals surface area contributed by atoms with Crippen LogP contribution in [0, 0.1) is 6.92 Å². The number of allylic oxidation sites excluding steroid dienone is 3. The molecule has 5 heteroatoms. The van der Waals surface area contributed by atoms with Crippen LogP contribution in [0.25, 0.3) is 6.08 Å². The Hall–Kier alpha value is -2.27. The zero-order chi connectivity index (χ0) is 17.3. The molecule has 4 nitrogen and oxygen atoms in total. The van der Waals surface area contributed by atoms with Crippen LogP contribution in [-0.2, 0) is 4.79 Å². The average Bonchev–Trinajstić information content (AvgIpc) is 2.77. The Bertz CT molecular complexity index is 834. The van der Waals surface area contributed by atoms with E-state index in [9.17, 15) is 9.90 Å². The lowest BCUT2D eigenvalue weighted by atomic mass is 10.0.